The van der Waals surface area contributed by atoms with E-state index < -0.39 is 17.3 Å². The van der Waals surface area contributed by atoms with E-state index >= 15 is 0 Å². The maximum atomic E-state index is 13.2. The number of ether oxygens (including phenoxy) is 1. The largest absolute Gasteiger partial charge is 0.386 e. The van der Waals surface area contributed by atoms with E-state index in [9.17, 15) is 14.3 Å². The molecule has 2 N–H and O–H groups in total. The summed E-state index contributed by atoms with van der Waals surface area (Å²) >= 11 is 0. The van der Waals surface area contributed by atoms with E-state index in [-0.39, 0.29) is 18.7 Å². The number of carbonyl (C=O) groups excluding carboxylic acids is 1. The first-order chi connectivity index (χ1) is 8.48. The van der Waals surface area contributed by atoms with Gasteiger partial charge in [0.2, 0.25) is 0 Å². The zero-order valence-corrected chi connectivity index (χ0v) is 10.2. The van der Waals surface area contributed by atoms with E-state index in [0.717, 1.165) is 0 Å². The average molecular weight is 253 g/mol. The van der Waals surface area contributed by atoms with Gasteiger partial charge in [-0.2, -0.15) is 0 Å². The molecule has 1 heterocycles. The number of hydrogen-bond donors (Lipinski definition) is 2. The van der Waals surface area contributed by atoms with Crippen molar-refractivity contribution in [1.82, 2.24) is 5.32 Å². The minimum absolute atomic E-state index is 0.112. The van der Waals surface area contributed by atoms with Crippen LogP contribution in [0.5, 0.6) is 0 Å². The second-order valence-corrected chi connectivity index (χ2v) is 4.73. The quantitative estimate of drug-likeness (QED) is 0.845. The van der Waals surface area contributed by atoms with Crippen molar-refractivity contribution in [2.24, 2.45) is 0 Å². The molecule has 0 radical (unpaired) electrons. The molecular formula is C13H16FNO3. The Morgan fingerprint density at radius 1 is 1.56 bits per heavy atom. The van der Waals surface area contributed by atoms with E-state index in [1.165, 1.54) is 12.1 Å². The number of hydrogen-bond acceptors (Lipinski definition) is 3. The summed E-state index contributed by atoms with van der Waals surface area (Å²) in [4.78, 5) is 11.8. The van der Waals surface area contributed by atoms with Gasteiger partial charge in [0.25, 0.3) is 5.91 Å². The molecule has 1 atom stereocenters. The van der Waals surface area contributed by atoms with Crippen molar-refractivity contribution in [1.29, 1.82) is 0 Å². The highest BCUT2D eigenvalue weighted by Gasteiger charge is 2.32. The number of amides is 1. The lowest BCUT2D eigenvalue weighted by molar-refractivity contribution is 0.0264. The molecule has 1 aromatic rings. The fourth-order valence-corrected chi connectivity index (χ4v) is 1.95. The third kappa shape index (κ3) is 3.05. The van der Waals surface area contributed by atoms with Gasteiger partial charge < -0.3 is 15.2 Å². The molecule has 2 rings (SSSR count). The van der Waals surface area contributed by atoms with Gasteiger partial charge in [0.1, 0.15) is 11.4 Å². The molecule has 1 saturated heterocycles. The van der Waals surface area contributed by atoms with Gasteiger partial charge in [0, 0.05) is 25.1 Å². The van der Waals surface area contributed by atoms with E-state index in [2.05, 4.69) is 5.32 Å². The minimum Gasteiger partial charge on any atom is -0.386 e. The fourth-order valence-electron chi connectivity index (χ4n) is 1.95. The molecule has 1 aliphatic rings. The average Bonchev–Trinajstić information content (AvgIpc) is 2.72. The minimum atomic E-state index is -1.00. The highest BCUT2D eigenvalue weighted by atomic mass is 19.1. The van der Waals surface area contributed by atoms with Crippen molar-refractivity contribution in [3.05, 3.63) is 35.1 Å². The first-order valence-electron chi connectivity index (χ1n) is 5.84. The molecule has 0 saturated carbocycles. The standard InChI is InChI=1S/C13H16FNO3/c1-9-4-10(6-11(14)5-9)12(16)15-7-13(17)2-3-18-8-13/h4-6,17H,2-3,7-8H2,1H3,(H,15,16)/t13-/m1/s1. The molecule has 0 unspecified atom stereocenters. The van der Waals surface area contributed by atoms with E-state index in [1.54, 1.807) is 13.0 Å². The Morgan fingerprint density at radius 2 is 2.33 bits per heavy atom. The third-order valence-electron chi connectivity index (χ3n) is 2.96. The van der Waals surface area contributed by atoms with Crippen LogP contribution in [0.3, 0.4) is 0 Å². The van der Waals surface area contributed by atoms with Crippen LogP contribution in [0.4, 0.5) is 4.39 Å². The highest BCUT2D eigenvalue weighted by molar-refractivity contribution is 5.94. The summed E-state index contributed by atoms with van der Waals surface area (Å²) in [5, 5.41) is 12.6. The van der Waals surface area contributed by atoms with Crippen LogP contribution in [-0.4, -0.2) is 36.4 Å². The lowest BCUT2D eigenvalue weighted by Gasteiger charge is -2.20. The lowest BCUT2D eigenvalue weighted by Crippen LogP contribution is -2.43. The predicted octanol–water partition coefficient (Wildman–Crippen LogP) is 1.02. The topological polar surface area (TPSA) is 58.6 Å². The van der Waals surface area contributed by atoms with Crippen LogP contribution in [0.15, 0.2) is 18.2 Å². The number of halogens is 1. The second kappa shape index (κ2) is 5.04. The molecule has 1 amide bonds. The Bertz CT molecular complexity index is 435. The Labute approximate surface area is 105 Å². The molecule has 1 aromatic carbocycles. The van der Waals surface area contributed by atoms with E-state index in [4.69, 9.17) is 4.74 Å². The van der Waals surface area contributed by atoms with Crippen molar-refractivity contribution in [2.75, 3.05) is 19.8 Å². The van der Waals surface area contributed by atoms with Gasteiger partial charge in [-0.3, -0.25) is 4.79 Å². The van der Waals surface area contributed by atoms with Crippen LogP contribution >= 0.6 is 0 Å². The molecule has 0 spiro atoms. The van der Waals surface area contributed by atoms with Gasteiger partial charge in [0.05, 0.1) is 6.61 Å². The molecule has 1 aliphatic heterocycles. The monoisotopic (exact) mass is 253 g/mol. The van der Waals surface area contributed by atoms with Crippen LogP contribution < -0.4 is 5.32 Å². The summed E-state index contributed by atoms with van der Waals surface area (Å²) in [5.41, 5.74) is -0.0593. The van der Waals surface area contributed by atoms with Crippen molar-refractivity contribution < 1.29 is 19.0 Å². The second-order valence-electron chi connectivity index (χ2n) is 4.73. The molecule has 4 nitrogen and oxygen atoms in total. The predicted molar refractivity (Wildman–Crippen MR) is 63.9 cm³/mol. The number of nitrogens with one attached hydrogen (secondary N) is 1. The Morgan fingerprint density at radius 3 is 2.94 bits per heavy atom. The molecule has 98 valence electrons. The molecule has 1 fully saturated rings. The molecular weight excluding hydrogens is 237 g/mol. The Kier molecular flexibility index (Phi) is 3.63. The van der Waals surface area contributed by atoms with Crippen molar-refractivity contribution in [3.8, 4) is 0 Å². The summed E-state index contributed by atoms with van der Waals surface area (Å²) in [6.07, 6.45) is 0.495. The van der Waals surface area contributed by atoms with Crippen LogP contribution in [0.2, 0.25) is 0 Å². The van der Waals surface area contributed by atoms with Gasteiger partial charge >= 0.3 is 0 Å². The van der Waals surface area contributed by atoms with Gasteiger partial charge in [0.15, 0.2) is 0 Å². The molecule has 0 bridgehead atoms. The van der Waals surface area contributed by atoms with Crippen LogP contribution in [0.1, 0.15) is 22.3 Å². The van der Waals surface area contributed by atoms with Crippen molar-refractivity contribution >= 4 is 5.91 Å². The maximum Gasteiger partial charge on any atom is 0.251 e. The Balaban J connectivity index is 1.99. The number of rotatable bonds is 3. The SMILES string of the molecule is Cc1cc(F)cc(C(=O)NC[C@]2(O)CCOC2)c1. The number of aliphatic hydroxyl groups is 1. The summed E-state index contributed by atoms with van der Waals surface area (Å²) in [6, 6.07) is 4.14. The summed E-state index contributed by atoms with van der Waals surface area (Å²) < 4.78 is 18.2. The van der Waals surface area contributed by atoms with Crippen LogP contribution in [0.25, 0.3) is 0 Å². The van der Waals surface area contributed by atoms with E-state index in [0.29, 0.717) is 18.6 Å². The van der Waals surface area contributed by atoms with Crippen molar-refractivity contribution in [2.45, 2.75) is 18.9 Å². The molecule has 5 heteroatoms. The smallest absolute Gasteiger partial charge is 0.251 e. The van der Waals surface area contributed by atoms with Gasteiger partial charge in [-0.05, 0) is 30.7 Å². The first kappa shape index (κ1) is 13.0. The van der Waals surface area contributed by atoms with Crippen molar-refractivity contribution in [3.63, 3.8) is 0 Å². The molecule has 18 heavy (non-hydrogen) atoms. The summed E-state index contributed by atoms with van der Waals surface area (Å²) in [7, 11) is 0. The fraction of sp³-hybridized carbons (Fsp3) is 0.462. The van der Waals surface area contributed by atoms with E-state index in [1.807, 2.05) is 0 Å². The Hall–Kier alpha value is -1.46. The van der Waals surface area contributed by atoms with Crippen LogP contribution in [-0.2, 0) is 4.74 Å². The number of benzene rings is 1. The first-order valence-corrected chi connectivity index (χ1v) is 5.84. The number of aryl methyl sites for hydroxylation is 1. The summed E-state index contributed by atoms with van der Waals surface area (Å²) in [5.74, 6) is -0.832. The highest BCUT2D eigenvalue weighted by Crippen LogP contribution is 2.17. The van der Waals surface area contributed by atoms with Crippen LogP contribution in [0, 0.1) is 12.7 Å². The molecule has 0 aromatic heterocycles. The lowest BCUT2D eigenvalue weighted by atomic mass is 10.0. The maximum absolute atomic E-state index is 13.2. The van der Waals surface area contributed by atoms with Gasteiger partial charge in [-0.15, -0.1) is 0 Å². The van der Waals surface area contributed by atoms with Gasteiger partial charge in [-0.25, -0.2) is 4.39 Å². The normalized spacial score (nSPS) is 23.1. The zero-order chi connectivity index (χ0) is 13.2. The third-order valence-corrected chi connectivity index (χ3v) is 2.96. The number of carbonyl (C=O) groups is 1. The zero-order valence-electron chi connectivity index (χ0n) is 10.2. The van der Waals surface area contributed by atoms with Gasteiger partial charge in [-0.1, -0.05) is 0 Å². The molecule has 0 aliphatic carbocycles. The summed E-state index contributed by atoms with van der Waals surface area (Å²) in [6.45, 7) is 2.54.